The molecule has 0 rings (SSSR count). The molecular weight excluding hydrogens is 508 g/mol. The molecule has 38 heavy (non-hydrogen) atoms. The molecule has 0 aromatic heterocycles. The summed E-state index contributed by atoms with van der Waals surface area (Å²) >= 11 is 0. The Kier molecular flexibility index (Phi) is 21.2. The molecule has 0 aliphatic carbocycles. The van der Waals surface area contributed by atoms with Gasteiger partial charge in [-0.15, -0.1) is 0 Å². The van der Waals surface area contributed by atoms with Crippen LogP contribution in [0.1, 0.15) is 20.3 Å². The Balaban J connectivity index is 6.09. The topological polar surface area (TPSA) is 171 Å². The molecule has 0 radical (unpaired) electrons. The molecule has 222 valence electrons. The van der Waals surface area contributed by atoms with Gasteiger partial charge in [-0.05, 0) is 0 Å². The van der Waals surface area contributed by atoms with Gasteiger partial charge in [0, 0.05) is 66.8 Å². The van der Waals surface area contributed by atoms with Crippen LogP contribution in [0, 0.1) is 5.92 Å². The van der Waals surface area contributed by atoms with Crippen molar-refractivity contribution in [3.63, 3.8) is 0 Å². The Morgan fingerprint density at radius 3 is 1.63 bits per heavy atom. The Bertz CT molecular complexity index is 653. The van der Waals surface area contributed by atoms with E-state index in [0.717, 1.165) is 0 Å². The first-order valence-corrected chi connectivity index (χ1v) is 12.4. The van der Waals surface area contributed by atoms with E-state index < -0.39 is 35.8 Å². The van der Waals surface area contributed by atoms with Gasteiger partial charge in [0.1, 0.15) is 26.4 Å². The maximum atomic E-state index is 13.3. The van der Waals surface area contributed by atoms with Gasteiger partial charge in [-0.1, -0.05) is 0 Å². The summed E-state index contributed by atoms with van der Waals surface area (Å²) in [4.78, 5) is 51.9. The molecule has 0 saturated carbocycles. The number of esters is 4. The third-order valence-corrected chi connectivity index (χ3v) is 5.35. The molecule has 0 amide bonds. The monoisotopic (exact) mass is 552 g/mol. The third-order valence-electron chi connectivity index (χ3n) is 5.35. The van der Waals surface area contributed by atoms with Crippen LogP contribution in [0.5, 0.6) is 0 Å². The van der Waals surface area contributed by atoms with Crippen molar-refractivity contribution >= 4 is 23.9 Å². The first kappa shape index (κ1) is 35.6. The molecule has 0 fully saturated rings. The van der Waals surface area contributed by atoms with E-state index in [2.05, 4.69) is 0 Å². The maximum Gasteiger partial charge on any atom is 0.311 e. The molecule has 14 nitrogen and oxygen atoms in total. The largest absolute Gasteiger partial charge is 0.465 e. The average Bonchev–Trinajstić information content (AvgIpc) is 2.85. The third kappa shape index (κ3) is 17.2. The van der Waals surface area contributed by atoms with Crippen LogP contribution in [-0.4, -0.2) is 150 Å². The van der Waals surface area contributed by atoms with E-state index in [9.17, 15) is 29.4 Å². The number of hydrogen-bond acceptors (Lipinski definition) is 14. The second-order valence-electron chi connectivity index (χ2n) is 8.22. The lowest BCUT2D eigenvalue weighted by Crippen LogP contribution is -2.52. The molecule has 0 bridgehead atoms. The maximum absolute atomic E-state index is 13.3. The molecular formula is C24H44N2O12. The lowest BCUT2D eigenvalue weighted by Gasteiger charge is -2.37. The van der Waals surface area contributed by atoms with Crippen LogP contribution in [0.15, 0.2) is 0 Å². The second-order valence-corrected chi connectivity index (χ2v) is 8.22. The highest BCUT2D eigenvalue weighted by atomic mass is 16.6. The molecule has 0 aliphatic heterocycles. The number of nitrogens with zero attached hydrogens (tertiary/aromatic N) is 2. The van der Waals surface area contributed by atoms with E-state index >= 15 is 0 Å². The summed E-state index contributed by atoms with van der Waals surface area (Å²) < 4.78 is 30.6. The number of hydrogen-bond donors (Lipinski definition) is 2. The summed E-state index contributed by atoms with van der Waals surface area (Å²) in [5, 5.41) is 19.3. The minimum absolute atomic E-state index is 0.0154. The molecule has 2 unspecified atom stereocenters. The van der Waals surface area contributed by atoms with Crippen molar-refractivity contribution in [1.82, 2.24) is 9.80 Å². The van der Waals surface area contributed by atoms with Gasteiger partial charge < -0.3 is 38.6 Å². The predicted octanol–water partition coefficient (Wildman–Crippen LogP) is -1.54. The zero-order valence-electron chi connectivity index (χ0n) is 22.9. The molecule has 0 saturated heterocycles. The minimum Gasteiger partial charge on any atom is -0.465 e. The normalized spacial score (nSPS) is 12.7. The van der Waals surface area contributed by atoms with E-state index in [-0.39, 0.29) is 92.0 Å². The molecule has 2 atom stereocenters. The average molecular weight is 553 g/mol. The van der Waals surface area contributed by atoms with E-state index in [4.69, 9.17) is 28.4 Å². The number of methoxy groups -OCH3 is 2. The predicted molar refractivity (Wildman–Crippen MR) is 133 cm³/mol. The van der Waals surface area contributed by atoms with Crippen LogP contribution in [-0.2, 0) is 47.6 Å². The van der Waals surface area contributed by atoms with Crippen molar-refractivity contribution < 1.29 is 57.8 Å². The Morgan fingerprint density at radius 1 is 0.684 bits per heavy atom. The minimum atomic E-state index is -0.963. The highest BCUT2D eigenvalue weighted by molar-refractivity contribution is 5.76. The van der Waals surface area contributed by atoms with Crippen LogP contribution < -0.4 is 0 Å². The zero-order chi connectivity index (χ0) is 28.8. The summed E-state index contributed by atoms with van der Waals surface area (Å²) in [7, 11) is 2.92. The van der Waals surface area contributed by atoms with Crippen molar-refractivity contribution in [2.45, 2.75) is 26.3 Å². The number of aliphatic hydroxyl groups excluding tert-OH is 2. The van der Waals surface area contributed by atoms with E-state index in [1.165, 1.54) is 28.1 Å². The van der Waals surface area contributed by atoms with E-state index in [0.29, 0.717) is 0 Å². The van der Waals surface area contributed by atoms with Crippen molar-refractivity contribution in [3.8, 4) is 0 Å². The summed E-state index contributed by atoms with van der Waals surface area (Å²) in [6.07, 6.45) is -0.241. The SMILES string of the molecule is COCCOC(=O)CC(C(CN(CCOC(C)=O)CCOC(C)=O)C(=O)OCCOC)N(CCO)CCO. The Morgan fingerprint density at radius 2 is 1.18 bits per heavy atom. The van der Waals surface area contributed by atoms with Crippen molar-refractivity contribution in [2.75, 3.05) is 99.8 Å². The summed E-state index contributed by atoms with van der Waals surface area (Å²) in [5.74, 6) is -3.16. The van der Waals surface area contributed by atoms with Crippen LogP contribution in [0.25, 0.3) is 0 Å². The number of carbonyl (C=O) groups is 4. The fraction of sp³-hybridized carbons (Fsp3) is 0.833. The van der Waals surface area contributed by atoms with Gasteiger partial charge in [0.05, 0.1) is 38.8 Å². The van der Waals surface area contributed by atoms with Crippen molar-refractivity contribution in [3.05, 3.63) is 0 Å². The van der Waals surface area contributed by atoms with E-state index in [1.807, 2.05) is 0 Å². The molecule has 0 aromatic carbocycles. The first-order chi connectivity index (χ1) is 18.2. The van der Waals surface area contributed by atoms with Gasteiger partial charge in [0.15, 0.2) is 0 Å². The summed E-state index contributed by atoms with van der Waals surface area (Å²) in [5.41, 5.74) is 0. The van der Waals surface area contributed by atoms with Gasteiger partial charge in [0.2, 0.25) is 0 Å². The molecule has 2 N–H and O–H groups in total. The lowest BCUT2D eigenvalue weighted by atomic mass is 9.94. The number of aliphatic hydroxyl groups is 2. The quantitative estimate of drug-likeness (QED) is 0.0848. The zero-order valence-corrected chi connectivity index (χ0v) is 22.9. The van der Waals surface area contributed by atoms with E-state index in [1.54, 1.807) is 9.80 Å². The van der Waals surface area contributed by atoms with Crippen molar-refractivity contribution in [1.29, 1.82) is 0 Å². The van der Waals surface area contributed by atoms with Crippen molar-refractivity contribution in [2.24, 2.45) is 5.92 Å². The standard InChI is InChI=1S/C24H44N2O12/c1-19(29)35-11-7-25(8-12-36-20(2)30)18-21(24(32)38-16-14-34-4)22(26(5-9-27)6-10-28)17-23(31)37-15-13-33-3/h21-22,27-28H,5-18H2,1-4H3. The van der Waals surface area contributed by atoms with Gasteiger partial charge >= 0.3 is 23.9 Å². The fourth-order valence-electron chi connectivity index (χ4n) is 3.59. The Labute approximate surface area is 224 Å². The lowest BCUT2D eigenvalue weighted by molar-refractivity contribution is -0.157. The fourth-order valence-corrected chi connectivity index (χ4v) is 3.59. The second kappa shape index (κ2) is 22.6. The first-order valence-electron chi connectivity index (χ1n) is 12.4. The highest BCUT2D eigenvalue weighted by Gasteiger charge is 2.37. The van der Waals surface area contributed by atoms with Gasteiger partial charge in [-0.2, -0.15) is 0 Å². The number of rotatable bonds is 23. The van der Waals surface area contributed by atoms with Crippen LogP contribution in [0.2, 0.25) is 0 Å². The summed E-state index contributed by atoms with van der Waals surface area (Å²) in [6.45, 7) is 2.89. The van der Waals surface area contributed by atoms with Crippen LogP contribution in [0.4, 0.5) is 0 Å². The van der Waals surface area contributed by atoms with Crippen LogP contribution >= 0.6 is 0 Å². The molecule has 0 aromatic rings. The highest BCUT2D eigenvalue weighted by Crippen LogP contribution is 2.20. The summed E-state index contributed by atoms with van der Waals surface area (Å²) in [6, 6.07) is -0.829. The molecule has 0 heterocycles. The smallest absolute Gasteiger partial charge is 0.311 e. The Hall–Kier alpha value is -2.36. The van der Waals surface area contributed by atoms with Gasteiger partial charge in [-0.25, -0.2) is 0 Å². The van der Waals surface area contributed by atoms with Gasteiger partial charge in [-0.3, -0.25) is 29.0 Å². The molecule has 0 spiro atoms. The number of ether oxygens (including phenoxy) is 6. The van der Waals surface area contributed by atoms with Crippen LogP contribution in [0.3, 0.4) is 0 Å². The van der Waals surface area contributed by atoms with Gasteiger partial charge in [0.25, 0.3) is 0 Å². The molecule has 0 aliphatic rings. The molecule has 14 heteroatoms. The number of carbonyl (C=O) groups excluding carboxylic acids is 4.